The number of anilines is 2. The molecule has 1 atom stereocenters. The summed E-state index contributed by atoms with van der Waals surface area (Å²) in [7, 11) is 0. The van der Waals surface area contributed by atoms with Crippen LogP contribution in [0, 0.1) is 20.8 Å². The number of nitrogens with zero attached hydrogens (tertiary/aromatic N) is 3. The molecule has 3 N–H and O–H groups in total. The van der Waals surface area contributed by atoms with Gasteiger partial charge in [0.25, 0.3) is 0 Å². The lowest BCUT2D eigenvalue weighted by Gasteiger charge is -2.14. The van der Waals surface area contributed by atoms with E-state index >= 15 is 0 Å². The van der Waals surface area contributed by atoms with Gasteiger partial charge >= 0.3 is 11.9 Å². The van der Waals surface area contributed by atoms with Gasteiger partial charge in [-0.25, -0.2) is 0 Å². The zero-order chi connectivity index (χ0) is 26.1. The van der Waals surface area contributed by atoms with Gasteiger partial charge in [-0.15, -0.1) is 0 Å². The zero-order valence-electron chi connectivity index (χ0n) is 20.8. The summed E-state index contributed by atoms with van der Waals surface area (Å²) in [5.74, 6) is -1.92. The maximum atomic E-state index is 13.0. The molecule has 184 valence electrons. The van der Waals surface area contributed by atoms with Crippen LogP contribution >= 0.6 is 0 Å². The van der Waals surface area contributed by atoms with Crippen LogP contribution in [0.5, 0.6) is 5.75 Å². The normalized spacial score (nSPS) is 15.2. The Morgan fingerprint density at radius 2 is 1.69 bits per heavy atom. The lowest BCUT2D eigenvalue weighted by molar-refractivity contribution is -0.138. The summed E-state index contributed by atoms with van der Waals surface area (Å²) in [5.41, 5.74) is 9.46. The molecule has 0 spiro atoms. The Morgan fingerprint density at radius 3 is 2.33 bits per heavy atom. The summed E-state index contributed by atoms with van der Waals surface area (Å²) in [6.07, 6.45) is 0. The lowest BCUT2D eigenvalue weighted by Crippen LogP contribution is -2.28. The number of aryl methyl sites for hydroxylation is 3. The number of phenols is 1. The molecule has 0 bridgehead atoms. The highest BCUT2D eigenvalue weighted by molar-refractivity contribution is 6.71. The third-order valence-electron chi connectivity index (χ3n) is 6.36. The molecule has 0 fully saturated rings. The summed E-state index contributed by atoms with van der Waals surface area (Å²) in [4.78, 5) is 24.3. The number of carbonyl (C=O) groups excluding carboxylic acids is 1. The van der Waals surface area contributed by atoms with Gasteiger partial charge in [0.1, 0.15) is 5.75 Å². The highest BCUT2D eigenvalue weighted by Gasteiger charge is 2.31. The van der Waals surface area contributed by atoms with Crippen molar-refractivity contribution in [3.63, 3.8) is 0 Å². The van der Waals surface area contributed by atoms with Crippen LogP contribution in [0.4, 0.5) is 11.4 Å². The van der Waals surface area contributed by atoms with E-state index in [4.69, 9.17) is 0 Å². The Hall–Kier alpha value is -4.46. The molecule has 8 heteroatoms. The predicted octanol–water partition coefficient (Wildman–Crippen LogP) is 5.36. The van der Waals surface area contributed by atoms with E-state index in [1.165, 1.54) is 5.01 Å². The van der Waals surface area contributed by atoms with E-state index in [-0.39, 0.29) is 17.4 Å². The van der Waals surface area contributed by atoms with Crippen LogP contribution in [-0.2, 0) is 9.59 Å². The lowest BCUT2D eigenvalue weighted by atomic mass is 9.96. The van der Waals surface area contributed by atoms with E-state index in [1.54, 1.807) is 44.2 Å². The summed E-state index contributed by atoms with van der Waals surface area (Å²) in [5, 5.41) is 30.2. The molecule has 1 aliphatic rings. The number of phenolic OH excluding ortho intramolecular Hbond substituents is 1. The van der Waals surface area contributed by atoms with Crippen LogP contribution in [0.15, 0.2) is 64.8 Å². The molecule has 1 aliphatic heterocycles. The Bertz CT molecular complexity index is 1420. The number of amides is 1. The predicted molar refractivity (Wildman–Crippen MR) is 142 cm³/mol. The molecule has 1 amide bonds. The van der Waals surface area contributed by atoms with Gasteiger partial charge in [-0.05, 0) is 86.7 Å². The molecule has 0 aliphatic carbocycles. The van der Waals surface area contributed by atoms with E-state index in [0.29, 0.717) is 28.2 Å². The first-order valence-electron chi connectivity index (χ1n) is 11.5. The fraction of sp³-hybridized carbons (Fsp3) is 0.214. The van der Waals surface area contributed by atoms with Crippen LogP contribution in [0.2, 0.25) is 0 Å². The Balaban J connectivity index is 1.60. The van der Waals surface area contributed by atoms with Gasteiger partial charge in [-0.3, -0.25) is 15.0 Å². The second kappa shape index (κ2) is 9.65. The average Bonchev–Trinajstić information content (AvgIpc) is 3.13. The Kier molecular flexibility index (Phi) is 6.61. The maximum absolute atomic E-state index is 13.0. The molecule has 0 saturated heterocycles. The van der Waals surface area contributed by atoms with Crippen molar-refractivity contribution in [2.24, 2.45) is 10.2 Å². The van der Waals surface area contributed by atoms with Crippen molar-refractivity contribution >= 4 is 34.7 Å². The molecular weight excluding hydrogens is 456 g/mol. The molecule has 3 aromatic rings. The second-order valence-corrected chi connectivity index (χ2v) is 9.03. The van der Waals surface area contributed by atoms with Gasteiger partial charge in [0.2, 0.25) is 0 Å². The third-order valence-corrected chi connectivity index (χ3v) is 6.36. The first-order chi connectivity index (χ1) is 17.1. The van der Waals surface area contributed by atoms with Crippen LogP contribution < -0.4 is 10.4 Å². The summed E-state index contributed by atoms with van der Waals surface area (Å²) < 4.78 is 0. The number of aromatic hydroxyl groups is 1. The molecule has 4 rings (SSSR count). The monoisotopic (exact) mass is 484 g/mol. The van der Waals surface area contributed by atoms with Crippen molar-refractivity contribution < 1.29 is 19.8 Å². The van der Waals surface area contributed by atoms with Crippen molar-refractivity contribution in [1.82, 2.24) is 0 Å². The summed E-state index contributed by atoms with van der Waals surface area (Å²) >= 11 is 0. The van der Waals surface area contributed by atoms with Gasteiger partial charge in [0, 0.05) is 5.56 Å². The number of hydrogen-bond donors (Lipinski definition) is 3. The van der Waals surface area contributed by atoms with Crippen molar-refractivity contribution in [3.8, 4) is 16.9 Å². The quantitative estimate of drug-likeness (QED) is 0.322. The number of hydrazone groups is 2. The SMILES string of the molecule is CC1=NN(c2ccc(C)c(C)c2)C(=O)C1=NNc1cc(C)cc(-c2ccc(C(C)C(=O)O)cc2)c1O. The van der Waals surface area contributed by atoms with E-state index in [1.807, 2.05) is 45.0 Å². The topological polar surface area (TPSA) is 115 Å². The fourth-order valence-electron chi connectivity index (χ4n) is 3.95. The number of hydrogen-bond acceptors (Lipinski definition) is 6. The smallest absolute Gasteiger partial charge is 0.310 e. The minimum Gasteiger partial charge on any atom is -0.505 e. The summed E-state index contributed by atoms with van der Waals surface area (Å²) in [6.45, 7) is 9.20. The maximum Gasteiger partial charge on any atom is 0.310 e. The van der Waals surface area contributed by atoms with Crippen molar-refractivity contribution in [1.29, 1.82) is 0 Å². The molecule has 0 aromatic heterocycles. The highest BCUT2D eigenvalue weighted by Crippen LogP contribution is 2.37. The fourth-order valence-corrected chi connectivity index (χ4v) is 3.95. The molecule has 0 saturated carbocycles. The van der Waals surface area contributed by atoms with Crippen molar-refractivity contribution in [2.45, 2.75) is 40.5 Å². The largest absolute Gasteiger partial charge is 0.505 e. The highest BCUT2D eigenvalue weighted by atomic mass is 16.4. The molecule has 1 heterocycles. The standard InChI is InChI=1S/C28H28N4O4/c1-15-12-23(21-9-7-20(8-10-21)18(4)28(35)36)26(33)24(13-15)29-30-25-19(5)31-32(27(25)34)22-11-6-16(2)17(3)14-22/h6-14,18,29,33H,1-5H3,(H,35,36). The van der Waals surface area contributed by atoms with Crippen LogP contribution in [-0.4, -0.2) is 33.5 Å². The number of aliphatic carboxylic acids is 1. The number of carboxylic acids is 1. The first-order valence-corrected chi connectivity index (χ1v) is 11.5. The number of rotatable bonds is 6. The zero-order valence-corrected chi connectivity index (χ0v) is 20.8. The van der Waals surface area contributed by atoms with Crippen LogP contribution in [0.3, 0.4) is 0 Å². The molecule has 0 radical (unpaired) electrons. The molecular formula is C28H28N4O4. The van der Waals surface area contributed by atoms with E-state index in [0.717, 1.165) is 22.3 Å². The van der Waals surface area contributed by atoms with Crippen molar-refractivity contribution in [3.05, 3.63) is 76.9 Å². The van der Waals surface area contributed by atoms with Crippen LogP contribution in [0.1, 0.15) is 42.0 Å². The van der Waals surface area contributed by atoms with Gasteiger partial charge in [0.15, 0.2) is 5.71 Å². The second-order valence-electron chi connectivity index (χ2n) is 9.03. The van der Waals surface area contributed by atoms with E-state index in [2.05, 4.69) is 15.6 Å². The van der Waals surface area contributed by atoms with Gasteiger partial charge < -0.3 is 10.2 Å². The molecule has 8 nitrogen and oxygen atoms in total. The number of carboxylic acid groups (broad SMARTS) is 1. The van der Waals surface area contributed by atoms with E-state index < -0.39 is 11.9 Å². The number of carbonyl (C=O) groups is 2. The molecule has 1 unspecified atom stereocenters. The first kappa shape index (κ1) is 24.7. The average molecular weight is 485 g/mol. The van der Waals surface area contributed by atoms with E-state index in [9.17, 15) is 19.8 Å². The molecule has 3 aromatic carbocycles. The molecule has 36 heavy (non-hydrogen) atoms. The van der Waals surface area contributed by atoms with Crippen molar-refractivity contribution in [2.75, 3.05) is 10.4 Å². The Labute approximate surface area is 209 Å². The minimum atomic E-state index is -0.900. The number of benzene rings is 3. The third kappa shape index (κ3) is 4.70. The number of nitrogens with one attached hydrogen (secondary N) is 1. The summed E-state index contributed by atoms with van der Waals surface area (Å²) in [6, 6.07) is 16.3. The van der Waals surface area contributed by atoms with Gasteiger partial charge in [-0.1, -0.05) is 30.3 Å². The van der Waals surface area contributed by atoms with Crippen LogP contribution in [0.25, 0.3) is 11.1 Å². The Morgan fingerprint density at radius 1 is 1.00 bits per heavy atom. The van der Waals surface area contributed by atoms with Gasteiger partial charge in [0.05, 0.1) is 23.0 Å². The minimum absolute atomic E-state index is 0.0324. The van der Waals surface area contributed by atoms with Gasteiger partial charge in [-0.2, -0.15) is 15.2 Å².